The van der Waals surface area contributed by atoms with Gasteiger partial charge in [-0.15, -0.1) is 0 Å². The van der Waals surface area contributed by atoms with Crippen LogP contribution in [-0.2, 0) is 0 Å². The minimum Gasteiger partial charge on any atom is -0.478 e. The third-order valence-electron chi connectivity index (χ3n) is 1.89. The van der Waals surface area contributed by atoms with E-state index in [2.05, 4.69) is 4.98 Å². The summed E-state index contributed by atoms with van der Waals surface area (Å²) in [7, 11) is 0. The first-order valence-electron chi connectivity index (χ1n) is 4.76. The summed E-state index contributed by atoms with van der Waals surface area (Å²) in [5, 5.41) is 8.80. The Balaban J connectivity index is 2.74. The highest BCUT2D eigenvalue weighted by Crippen LogP contribution is 2.16. The van der Waals surface area contributed by atoms with E-state index in [4.69, 9.17) is 15.6 Å². The van der Waals surface area contributed by atoms with Gasteiger partial charge in [0.1, 0.15) is 0 Å². The quantitative estimate of drug-likeness (QED) is 0.720. The van der Waals surface area contributed by atoms with E-state index in [0.29, 0.717) is 12.5 Å². The largest absolute Gasteiger partial charge is 0.478 e. The molecule has 0 atom stereocenters. The van der Waals surface area contributed by atoms with E-state index in [1.165, 1.54) is 12.3 Å². The number of hydrogen-bond acceptors (Lipinski definition) is 4. The van der Waals surface area contributed by atoms with Crippen LogP contribution in [0.2, 0.25) is 0 Å². The molecule has 15 heavy (non-hydrogen) atoms. The first-order chi connectivity index (χ1) is 7.15. The van der Waals surface area contributed by atoms with E-state index >= 15 is 0 Å². The molecule has 0 aliphatic carbocycles. The highest BCUT2D eigenvalue weighted by Gasteiger charge is 2.09. The number of pyridine rings is 1. The highest BCUT2D eigenvalue weighted by atomic mass is 16.5. The second kappa shape index (κ2) is 5.19. The molecule has 3 N–H and O–H groups in total. The van der Waals surface area contributed by atoms with E-state index < -0.39 is 5.97 Å². The summed E-state index contributed by atoms with van der Waals surface area (Å²) in [5.41, 5.74) is 5.61. The molecule has 0 radical (unpaired) electrons. The summed E-state index contributed by atoms with van der Waals surface area (Å²) in [5.74, 6) is -0.773. The number of anilines is 1. The van der Waals surface area contributed by atoms with Crippen molar-refractivity contribution in [2.45, 2.75) is 19.8 Å². The molecule has 0 aliphatic rings. The summed E-state index contributed by atoms with van der Waals surface area (Å²) in [6.45, 7) is 2.58. The van der Waals surface area contributed by atoms with Crippen molar-refractivity contribution in [2.75, 3.05) is 12.3 Å². The van der Waals surface area contributed by atoms with Crippen LogP contribution >= 0.6 is 0 Å². The Hall–Kier alpha value is -1.78. The molecule has 0 saturated heterocycles. The Morgan fingerprint density at radius 1 is 1.67 bits per heavy atom. The van der Waals surface area contributed by atoms with E-state index in [1.54, 1.807) is 0 Å². The number of carbonyl (C=O) groups is 1. The average molecular weight is 210 g/mol. The molecule has 5 heteroatoms. The van der Waals surface area contributed by atoms with Crippen LogP contribution in [0.15, 0.2) is 12.3 Å². The summed E-state index contributed by atoms with van der Waals surface area (Å²) in [6, 6.07) is 1.34. The Labute approximate surface area is 87.9 Å². The van der Waals surface area contributed by atoms with E-state index in [9.17, 15) is 4.79 Å². The van der Waals surface area contributed by atoms with E-state index in [1.807, 2.05) is 6.92 Å². The predicted molar refractivity (Wildman–Crippen MR) is 56.0 cm³/mol. The molecule has 0 unspecified atom stereocenters. The molecule has 0 spiro atoms. The van der Waals surface area contributed by atoms with Crippen molar-refractivity contribution in [3.05, 3.63) is 17.8 Å². The normalized spacial score (nSPS) is 9.93. The zero-order valence-corrected chi connectivity index (χ0v) is 8.56. The zero-order valence-electron chi connectivity index (χ0n) is 8.56. The van der Waals surface area contributed by atoms with Crippen molar-refractivity contribution < 1.29 is 14.6 Å². The molecule has 0 fully saturated rings. The van der Waals surface area contributed by atoms with Crippen LogP contribution in [0, 0.1) is 0 Å². The van der Waals surface area contributed by atoms with Gasteiger partial charge in [0.15, 0.2) is 0 Å². The fourth-order valence-electron chi connectivity index (χ4n) is 1.03. The van der Waals surface area contributed by atoms with Gasteiger partial charge in [-0.2, -0.15) is 0 Å². The lowest BCUT2D eigenvalue weighted by Gasteiger charge is -2.06. The molecular formula is C10H14N2O3. The Morgan fingerprint density at radius 2 is 2.40 bits per heavy atom. The molecule has 0 aromatic carbocycles. The third-order valence-corrected chi connectivity index (χ3v) is 1.89. The molecule has 82 valence electrons. The molecule has 0 saturated carbocycles. The Morgan fingerprint density at radius 3 is 3.00 bits per heavy atom. The number of nitrogens with two attached hydrogens (primary N) is 1. The van der Waals surface area contributed by atoms with E-state index in [0.717, 1.165) is 12.8 Å². The van der Waals surface area contributed by atoms with Gasteiger partial charge in [-0.3, -0.25) is 0 Å². The number of nitrogen functional groups attached to an aromatic ring is 1. The average Bonchev–Trinajstić information content (AvgIpc) is 2.20. The van der Waals surface area contributed by atoms with Gasteiger partial charge < -0.3 is 15.6 Å². The first-order valence-corrected chi connectivity index (χ1v) is 4.76. The van der Waals surface area contributed by atoms with Gasteiger partial charge in [0.05, 0.1) is 24.1 Å². The fourth-order valence-corrected chi connectivity index (χ4v) is 1.03. The number of aromatic carboxylic acids is 1. The van der Waals surface area contributed by atoms with Gasteiger partial charge in [-0.1, -0.05) is 13.3 Å². The monoisotopic (exact) mass is 210 g/mol. The SMILES string of the molecule is CCCCOc1cc(C(=O)O)c(N)cn1. The first kappa shape index (κ1) is 11.3. The van der Waals surface area contributed by atoms with Crippen molar-refractivity contribution in [1.82, 2.24) is 4.98 Å². The maximum Gasteiger partial charge on any atom is 0.338 e. The number of nitrogens with zero attached hydrogens (tertiary/aromatic N) is 1. The maximum atomic E-state index is 10.7. The molecule has 1 aromatic rings. The second-order valence-corrected chi connectivity index (χ2v) is 3.12. The summed E-state index contributed by atoms with van der Waals surface area (Å²) in [4.78, 5) is 14.6. The minimum atomic E-state index is -1.07. The van der Waals surface area contributed by atoms with Crippen molar-refractivity contribution in [1.29, 1.82) is 0 Å². The fraction of sp³-hybridized carbons (Fsp3) is 0.400. The van der Waals surface area contributed by atoms with Crippen molar-refractivity contribution in [3.8, 4) is 5.88 Å². The van der Waals surface area contributed by atoms with Crippen LogP contribution in [0.1, 0.15) is 30.1 Å². The number of carboxylic acid groups (broad SMARTS) is 1. The predicted octanol–water partition coefficient (Wildman–Crippen LogP) is 1.54. The Kier molecular flexibility index (Phi) is 3.91. The van der Waals surface area contributed by atoms with Gasteiger partial charge in [0.2, 0.25) is 5.88 Å². The molecule has 5 nitrogen and oxygen atoms in total. The molecular weight excluding hydrogens is 196 g/mol. The van der Waals surface area contributed by atoms with Gasteiger partial charge in [-0.05, 0) is 6.42 Å². The van der Waals surface area contributed by atoms with Crippen LogP contribution in [-0.4, -0.2) is 22.7 Å². The maximum absolute atomic E-state index is 10.7. The molecule has 1 aromatic heterocycles. The number of unbranched alkanes of at least 4 members (excludes halogenated alkanes) is 1. The minimum absolute atomic E-state index is 0.0245. The van der Waals surface area contributed by atoms with Crippen LogP contribution < -0.4 is 10.5 Å². The van der Waals surface area contributed by atoms with Crippen LogP contribution in [0.3, 0.4) is 0 Å². The number of aromatic nitrogens is 1. The summed E-state index contributed by atoms with van der Waals surface area (Å²) < 4.78 is 5.26. The Bertz CT molecular complexity index is 353. The van der Waals surface area contributed by atoms with Gasteiger partial charge in [-0.25, -0.2) is 9.78 Å². The topological polar surface area (TPSA) is 85.4 Å². The zero-order chi connectivity index (χ0) is 11.3. The van der Waals surface area contributed by atoms with Crippen LogP contribution in [0.5, 0.6) is 5.88 Å². The molecule has 0 amide bonds. The van der Waals surface area contributed by atoms with Crippen molar-refractivity contribution in [2.24, 2.45) is 0 Å². The molecule has 1 heterocycles. The summed E-state index contributed by atoms with van der Waals surface area (Å²) in [6.07, 6.45) is 3.22. The number of rotatable bonds is 5. The van der Waals surface area contributed by atoms with Crippen molar-refractivity contribution in [3.63, 3.8) is 0 Å². The molecule has 0 aliphatic heterocycles. The highest BCUT2D eigenvalue weighted by molar-refractivity contribution is 5.93. The number of carboxylic acids is 1. The molecule has 1 rings (SSSR count). The van der Waals surface area contributed by atoms with Gasteiger partial charge in [0.25, 0.3) is 0 Å². The van der Waals surface area contributed by atoms with Crippen LogP contribution in [0.4, 0.5) is 5.69 Å². The lowest BCUT2D eigenvalue weighted by molar-refractivity contribution is 0.0697. The van der Waals surface area contributed by atoms with Crippen LogP contribution in [0.25, 0.3) is 0 Å². The number of ether oxygens (including phenoxy) is 1. The van der Waals surface area contributed by atoms with E-state index in [-0.39, 0.29) is 11.3 Å². The standard InChI is InChI=1S/C10H14N2O3/c1-2-3-4-15-9-5-7(10(13)14)8(11)6-12-9/h5-6H,2-4,11H2,1H3,(H,13,14). The smallest absolute Gasteiger partial charge is 0.338 e. The summed E-state index contributed by atoms with van der Waals surface area (Å²) >= 11 is 0. The van der Waals surface area contributed by atoms with Crippen molar-refractivity contribution >= 4 is 11.7 Å². The second-order valence-electron chi connectivity index (χ2n) is 3.12. The lowest BCUT2D eigenvalue weighted by atomic mass is 10.2. The number of hydrogen-bond donors (Lipinski definition) is 2. The third kappa shape index (κ3) is 3.12. The van der Waals surface area contributed by atoms with Gasteiger partial charge >= 0.3 is 5.97 Å². The molecule has 0 bridgehead atoms. The van der Waals surface area contributed by atoms with Gasteiger partial charge in [0, 0.05) is 6.07 Å². The lowest BCUT2D eigenvalue weighted by Crippen LogP contribution is -2.05.